The second-order valence-electron chi connectivity index (χ2n) is 3.44. The van der Waals surface area contributed by atoms with Gasteiger partial charge in [-0.15, -0.1) is 0 Å². The Morgan fingerprint density at radius 3 is 2.76 bits per heavy atom. The monoisotopic (exact) mass is 291 g/mol. The molecule has 0 aliphatic heterocycles. The van der Waals surface area contributed by atoms with Crippen molar-refractivity contribution in [2.75, 3.05) is 11.1 Å². The van der Waals surface area contributed by atoms with E-state index in [0.29, 0.717) is 17.1 Å². The van der Waals surface area contributed by atoms with Gasteiger partial charge in [0.05, 0.1) is 0 Å². The second-order valence-corrected chi connectivity index (χ2v) is 4.36. The lowest BCUT2D eigenvalue weighted by Crippen LogP contribution is -2.13. The molecule has 2 aromatic rings. The maximum atomic E-state index is 11.8. The highest BCUT2D eigenvalue weighted by atomic mass is 79.9. The van der Waals surface area contributed by atoms with Crippen LogP contribution >= 0.6 is 15.9 Å². The van der Waals surface area contributed by atoms with Crippen LogP contribution in [0.4, 0.5) is 11.4 Å². The highest BCUT2D eigenvalue weighted by Gasteiger charge is 2.07. The number of carbonyl (C=O) groups is 1. The van der Waals surface area contributed by atoms with Crippen LogP contribution in [0, 0.1) is 0 Å². The average molecular weight is 292 g/mol. The highest BCUT2D eigenvalue weighted by molar-refractivity contribution is 9.10. The number of nitrogens with one attached hydrogen (secondary N) is 1. The van der Waals surface area contributed by atoms with E-state index in [9.17, 15) is 4.79 Å². The van der Waals surface area contributed by atoms with E-state index in [1.807, 2.05) is 0 Å². The summed E-state index contributed by atoms with van der Waals surface area (Å²) in [5.41, 5.74) is 7.23. The minimum absolute atomic E-state index is 0.261. The van der Waals surface area contributed by atoms with E-state index >= 15 is 0 Å². The summed E-state index contributed by atoms with van der Waals surface area (Å²) in [7, 11) is 0. The molecule has 1 aromatic carbocycles. The molecule has 86 valence electrons. The van der Waals surface area contributed by atoms with Gasteiger partial charge in [-0.25, -0.2) is 4.98 Å². The van der Waals surface area contributed by atoms with Gasteiger partial charge in [0.15, 0.2) is 0 Å². The Hall–Kier alpha value is -1.88. The van der Waals surface area contributed by atoms with Crippen LogP contribution in [0.5, 0.6) is 0 Å². The lowest BCUT2D eigenvalue weighted by molar-refractivity contribution is 0.102. The number of nitrogens with two attached hydrogens (primary N) is 1. The molecule has 0 aliphatic carbocycles. The van der Waals surface area contributed by atoms with Crippen molar-refractivity contribution in [3.63, 3.8) is 0 Å². The molecule has 1 amide bonds. The van der Waals surface area contributed by atoms with Crippen molar-refractivity contribution in [3.05, 3.63) is 52.8 Å². The van der Waals surface area contributed by atoms with Gasteiger partial charge in [0.1, 0.15) is 5.69 Å². The molecular weight excluding hydrogens is 282 g/mol. The molecule has 2 rings (SSSR count). The maximum absolute atomic E-state index is 11.8. The van der Waals surface area contributed by atoms with Crippen LogP contribution in [0.15, 0.2) is 47.1 Å². The molecule has 1 heterocycles. The normalized spacial score (nSPS) is 9.94. The number of benzene rings is 1. The summed E-state index contributed by atoms with van der Waals surface area (Å²) < 4.78 is 0.831. The number of pyridine rings is 1. The Labute approximate surface area is 107 Å². The van der Waals surface area contributed by atoms with Gasteiger partial charge >= 0.3 is 0 Å². The van der Waals surface area contributed by atoms with E-state index in [2.05, 4.69) is 26.2 Å². The van der Waals surface area contributed by atoms with Crippen molar-refractivity contribution < 1.29 is 4.79 Å². The van der Waals surface area contributed by atoms with Crippen molar-refractivity contribution in [2.24, 2.45) is 0 Å². The van der Waals surface area contributed by atoms with Crippen LogP contribution in [-0.4, -0.2) is 10.9 Å². The quantitative estimate of drug-likeness (QED) is 0.836. The first-order valence-corrected chi connectivity index (χ1v) is 5.73. The van der Waals surface area contributed by atoms with E-state index in [0.717, 1.165) is 4.47 Å². The molecule has 0 bridgehead atoms. The first-order chi connectivity index (χ1) is 8.15. The second kappa shape index (κ2) is 4.97. The number of halogens is 1. The minimum atomic E-state index is -0.261. The van der Waals surface area contributed by atoms with Gasteiger partial charge in [0.2, 0.25) is 0 Å². The number of anilines is 2. The predicted octanol–water partition coefficient (Wildman–Crippen LogP) is 2.68. The number of hydrogen-bond donors (Lipinski definition) is 2. The molecule has 1 aromatic heterocycles. The van der Waals surface area contributed by atoms with Crippen LogP contribution in [0.3, 0.4) is 0 Å². The zero-order chi connectivity index (χ0) is 12.3. The van der Waals surface area contributed by atoms with Gasteiger partial charge in [-0.3, -0.25) is 4.79 Å². The molecule has 0 atom stereocenters. The topological polar surface area (TPSA) is 68.0 Å². The lowest BCUT2D eigenvalue weighted by atomic mass is 10.2. The Kier molecular flexibility index (Phi) is 3.39. The minimum Gasteiger partial charge on any atom is -0.399 e. The third-order valence-corrected chi connectivity index (χ3v) is 2.57. The van der Waals surface area contributed by atoms with E-state index in [-0.39, 0.29) is 5.91 Å². The first kappa shape index (κ1) is 11.6. The third-order valence-electron chi connectivity index (χ3n) is 2.10. The fourth-order valence-corrected chi connectivity index (χ4v) is 1.56. The summed E-state index contributed by atoms with van der Waals surface area (Å²) in [6.45, 7) is 0. The molecule has 0 unspecified atom stereocenters. The lowest BCUT2D eigenvalue weighted by Gasteiger charge is -2.05. The van der Waals surface area contributed by atoms with Crippen molar-refractivity contribution in [1.29, 1.82) is 0 Å². The Bertz CT molecular complexity index is 540. The van der Waals surface area contributed by atoms with Crippen LogP contribution < -0.4 is 11.1 Å². The summed E-state index contributed by atoms with van der Waals surface area (Å²) >= 11 is 3.26. The summed E-state index contributed by atoms with van der Waals surface area (Å²) in [6.07, 6.45) is 1.58. The average Bonchev–Trinajstić information content (AvgIpc) is 2.29. The molecule has 0 fully saturated rings. The van der Waals surface area contributed by atoms with Gasteiger partial charge in [-0.05, 0) is 46.3 Å². The SMILES string of the molecule is Nc1cccc(NC(=O)c2ccc(Br)cn2)c1. The van der Waals surface area contributed by atoms with Crippen molar-refractivity contribution in [1.82, 2.24) is 4.98 Å². The summed E-state index contributed by atoms with van der Waals surface area (Å²) in [5, 5.41) is 2.72. The molecule has 17 heavy (non-hydrogen) atoms. The molecule has 0 spiro atoms. The van der Waals surface area contributed by atoms with Crippen molar-refractivity contribution in [3.8, 4) is 0 Å². The number of carbonyl (C=O) groups excluding carboxylic acids is 1. The van der Waals surface area contributed by atoms with E-state index in [1.165, 1.54) is 0 Å². The van der Waals surface area contributed by atoms with E-state index in [4.69, 9.17) is 5.73 Å². The van der Waals surface area contributed by atoms with E-state index < -0.39 is 0 Å². The summed E-state index contributed by atoms with van der Waals surface area (Å²) in [6, 6.07) is 10.4. The number of rotatable bonds is 2. The maximum Gasteiger partial charge on any atom is 0.274 e. The molecule has 0 saturated heterocycles. The van der Waals surface area contributed by atoms with Gasteiger partial charge < -0.3 is 11.1 Å². The fourth-order valence-electron chi connectivity index (χ4n) is 1.32. The standard InChI is InChI=1S/C12H10BrN3O/c13-8-4-5-11(15-7-8)12(17)16-10-3-1-2-9(14)6-10/h1-7H,14H2,(H,16,17). The molecule has 0 saturated carbocycles. The molecule has 0 radical (unpaired) electrons. The van der Waals surface area contributed by atoms with Gasteiger partial charge in [0.25, 0.3) is 5.91 Å². The Morgan fingerprint density at radius 2 is 2.12 bits per heavy atom. The van der Waals surface area contributed by atoms with Crippen molar-refractivity contribution in [2.45, 2.75) is 0 Å². The van der Waals surface area contributed by atoms with Crippen LogP contribution in [0.2, 0.25) is 0 Å². The van der Waals surface area contributed by atoms with Crippen molar-refractivity contribution >= 4 is 33.2 Å². The largest absolute Gasteiger partial charge is 0.399 e. The zero-order valence-corrected chi connectivity index (χ0v) is 10.4. The summed E-state index contributed by atoms with van der Waals surface area (Å²) in [5.74, 6) is -0.261. The highest BCUT2D eigenvalue weighted by Crippen LogP contribution is 2.13. The molecule has 4 nitrogen and oxygen atoms in total. The third kappa shape index (κ3) is 3.04. The van der Waals surface area contributed by atoms with Gasteiger partial charge in [-0.1, -0.05) is 6.07 Å². The molecule has 5 heteroatoms. The van der Waals surface area contributed by atoms with E-state index in [1.54, 1.807) is 42.6 Å². The Morgan fingerprint density at radius 1 is 1.29 bits per heavy atom. The number of nitrogens with zero attached hydrogens (tertiary/aromatic N) is 1. The molecular formula is C12H10BrN3O. The van der Waals surface area contributed by atoms with Gasteiger partial charge in [-0.2, -0.15) is 0 Å². The van der Waals surface area contributed by atoms with Crippen LogP contribution in [-0.2, 0) is 0 Å². The number of hydrogen-bond acceptors (Lipinski definition) is 3. The van der Waals surface area contributed by atoms with Gasteiger partial charge in [0, 0.05) is 22.0 Å². The predicted molar refractivity (Wildman–Crippen MR) is 70.7 cm³/mol. The molecule has 3 N–H and O–H groups in total. The zero-order valence-electron chi connectivity index (χ0n) is 8.85. The summed E-state index contributed by atoms with van der Waals surface area (Å²) in [4.78, 5) is 15.8. The number of aromatic nitrogens is 1. The Balaban J connectivity index is 2.14. The number of nitrogen functional groups attached to an aromatic ring is 1. The fraction of sp³-hybridized carbons (Fsp3) is 0. The molecule has 0 aliphatic rings. The van der Waals surface area contributed by atoms with Crippen LogP contribution in [0.25, 0.3) is 0 Å². The smallest absolute Gasteiger partial charge is 0.274 e. The number of amides is 1. The first-order valence-electron chi connectivity index (χ1n) is 4.93. The van der Waals surface area contributed by atoms with Crippen LogP contribution in [0.1, 0.15) is 10.5 Å².